The number of hydroxylamine groups is 2. The Hall–Kier alpha value is -2.42. The van der Waals surface area contributed by atoms with Gasteiger partial charge in [0.05, 0.1) is 36.0 Å². The van der Waals surface area contributed by atoms with Crippen LogP contribution in [0.15, 0.2) is 43.0 Å². The Balaban J connectivity index is 1.98. The van der Waals surface area contributed by atoms with Crippen LogP contribution in [-0.2, 0) is 4.84 Å². The molecule has 0 spiro atoms. The van der Waals surface area contributed by atoms with Gasteiger partial charge in [-0.15, -0.1) is 17.9 Å². The normalized spacial score (nSPS) is 17.0. The molecule has 1 unspecified atom stereocenters. The number of halogens is 1. The number of benzene rings is 1. The lowest BCUT2D eigenvalue weighted by Gasteiger charge is -2.34. The van der Waals surface area contributed by atoms with E-state index in [9.17, 15) is 14.7 Å². The van der Waals surface area contributed by atoms with Crippen LogP contribution in [0, 0.1) is 0 Å². The first kappa shape index (κ1) is 18.4. The van der Waals surface area contributed by atoms with E-state index in [-0.39, 0.29) is 19.7 Å². The third kappa shape index (κ3) is 3.87. The predicted molar refractivity (Wildman–Crippen MR) is 100 cm³/mol. The van der Waals surface area contributed by atoms with Crippen molar-refractivity contribution >= 4 is 50.2 Å². The van der Waals surface area contributed by atoms with E-state index in [4.69, 9.17) is 16.4 Å². The largest absolute Gasteiger partial charge is 0.465 e. The molecule has 1 aliphatic heterocycles. The van der Waals surface area contributed by atoms with Gasteiger partial charge in [-0.1, -0.05) is 18.2 Å². The summed E-state index contributed by atoms with van der Waals surface area (Å²) in [6, 6.07) is 7.00. The van der Waals surface area contributed by atoms with E-state index >= 15 is 0 Å². The van der Waals surface area contributed by atoms with Crippen molar-refractivity contribution in [3.8, 4) is 0 Å². The van der Waals surface area contributed by atoms with Crippen LogP contribution in [0.5, 0.6) is 0 Å². The number of carbonyl (C=O) groups is 2. The SMILES string of the molecule is C=CCON(C(=O)Cl)C1C=C(c2nc3ccccc3s2)CN(C(=O)O)C1. The molecule has 2 heterocycles. The summed E-state index contributed by atoms with van der Waals surface area (Å²) in [6.45, 7) is 3.84. The lowest BCUT2D eigenvalue weighted by Crippen LogP contribution is -2.49. The molecular weight excluding hydrogens is 378 g/mol. The number of fused-ring (bicyclic) bond motifs is 1. The summed E-state index contributed by atoms with van der Waals surface area (Å²) in [5, 5.41) is 10.3. The van der Waals surface area contributed by atoms with E-state index in [1.165, 1.54) is 22.3 Å². The smallest absolute Gasteiger partial charge is 0.407 e. The molecule has 1 aromatic carbocycles. The van der Waals surface area contributed by atoms with Gasteiger partial charge >= 0.3 is 11.5 Å². The molecule has 26 heavy (non-hydrogen) atoms. The highest BCUT2D eigenvalue weighted by Crippen LogP contribution is 2.30. The second kappa shape index (κ2) is 7.86. The van der Waals surface area contributed by atoms with Crippen molar-refractivity contribution in [3.05, 3.63) is 48.0 Å². The lowest BCUT2D eigenvalue weighted by molar-refractivity contribution is -0.118. The minimum Gasteiger partial charge on any atom is -0.465 e. The second-order valence-corrected chi connectivity index (χ2v) is 6.93. The minimum atomic E-state index is -1.09. The lowest BCUT2D eigenvalue weighted by atomic mass is 10.1. The Labute approximate surface area is 158 Å². The fourth-order valence-corrected chi connectivity index (χ4v) is 3.83. The molecule has 0 aliphatic carbocycles. The summed E-state index contributed by atoms with van der Waals surface area (Å²) in [5.74, 6) is 0. The highest BCUT2D eigenvalue weighted by molar-refractivity contribution is 7.19. The first-order valence-electron chi connectivity index (χ1n) is 7.76. The van der Waals surface area contributed by atoms with Crippen LogP contribution in [0.2, 0.25) is 0 Å². The standard InChI is InChI=1S/C17H16ClN3O4S/c1-2-7-25-21(16(18)22)12-8-11(9-20(10-12)17(23)24)15-19-13-5-3-4-6-14(13)26-15/h2-6,8,12H,1,7,9-10H2,(H,23,24). The first-order chi connectivity index (χ1) is 12.5. The molecule has 2 amide bonds. The van der Waals surface area contributed by atoms with Crippen LogP contribution in [0.25, 0.3) is 15.8 Å². The van der Waals surface area contributed by atoms with E-state index in [1.54, 1.807) is 6.08 Å². The Morgan fingerprint density at radius 2 is 2.27 bits per heavy atom. The van der Waals surface area contributed by atoms with Gasteiger partial charge in [0.15, 0.2) is 0 Å². The molecule has 1 atom stereocenters. The molecule has 0 saturated heterocycles. The summed E-state index contributed by atoms with van der Waals surface area (Å²) in [5.41, 5.74) is 1.54. The zero-order chi connectivity index (χ0) is 18.7. The third-order valence-corrected chi connectivity index (χ3v) is 5.09. The highest BCUT2D eigenvalue weighted by Gasteiger charge is 2.32. The van der Waals surface area contributed by atoms with Gasteiger partial charge in [0.25, 0.3) is 0 Å². The Kier molecular flexibility index (Phi) is 5.55. The van der Waals surface area contributed by atoms with E-state index in [0.717, 1.165) is 15.3 Å². The second-order valence-electron chi connectivity index (χ2n) is 5.57. The number of hydrogen-bond acceptors (Lipinski definition) is 5. The third-order valence-electron chi connectivity index (χ3n) is 3.81. The van der Waals surface area contributed by atoms with Gasteiger partial charge in [-0.25, -0.2) is 9.78 Å². The van der Waals surface area contributed by atoms with E-state index in [0.29, 0.717) is 10.6 Å². The van der Waals surface area contributed by atoms with Crippen LogP contribution >= 0.6 is 22.9 Å². The van der Waals surface area contributed by atoms with Gasteiger partial charge in [-0.05, 0) is 29.8 Å². The van der Waals surface area contributed by atoms with Crippen molar-refractivity contribution < 1.29 is 19.5 Å². The van der Waals surface area contributed by atoms with E-state index in [1.807, 2.05) is 24.3 Å². The summed E-state index contributed by atoms with van der Waals surface area (Å²) in [6.07, 6.45) is 2.16. The average Bonchev–Trinajstić information content (AvgIpc) is 3.05. The number of para-hydroxylation sites is 1. The van der Waals surface area contributed by atoms with Gasteiger partial charge in [0.1, 0.15) is 5.01 Å². The minimum absolute atomic E-state index is 0.0549. The number of aromatic nitrogens is 1. The zero-order valence-electron chi connectivity index (χ0n) is 13.7. The van der Waals surface area contributed by atoms with Crippen molar-refractivity contribution in [2.24, 2.45) is 0 Å². The monoisotopic (exact) mass is 393 g/mol. The fraction of sp³-hybridized carbons (Fsp3) is 0.235. The molecule has 1 aliphatic rings. The van der Waals surface area contributed by atoms with Gasteiger partial charge in [-0.3, -0.25) is 9.63 Å². The van der Waals surface area contributed by atoms with Crippen molar-refractivity contribution in [2.75, 3.05) is 19.7 Å². The zero-order valence-corrected chi connectivity index (χ0v) is 15.2. The van der Waals surface area contributed by atoms with Crippen LogP contribution in [-0.4, -0.2) is 57.3 Å². The van der Waals surface area contributed by atoms with Crippen molar-refractivity contribution in [1.82, 2.24) is 14.9 Å². The molecule has 9 heteroatoms. The van der Waals surface area contributed by atoms with Crippen molar-refractivity contribution in [2.45, 2.75) is 6.04 Å². The summed E-state index contributed by atoms with van der Waals surface area (Å²) in [7, 11) is 0. The molecule has 2 aromatic rings. The van der Waals surface area contributed by atoms with Crippen LogP contribution in [0.4, 0.5) is 9.59 Å². The summed E-state index contributed by atoms with van der Waals surface area (Å²) < 4.78 is 1.00. The Morgan fingerprint density at radius 1 is 1.50 bits per heavy atom. The Bertz CT molecular complexity index is 849. The number of carbonyl (C=O) groups excluding carboxylic acids is 1. The Morgan fingerprint density at radius 3 is 2.92 bits per heavy atom. The van der Waals surface area contributed by atoms with Crippen LogP contribution in [0.3, 0.4) is 0 Å². The topological polar surface area (TPSA) is 83.0 Å². The first-order valence-corrected chi connectivity index (χ1v) is 8.96. The molecule has 7 nitrogen and oxygen atoms in total. The van der Waals surface area contributed by atoms with Crippen LogP contribution < -0.4 is 0 Å². The quantitative estimate of drug-likeness (QED) is 0.361. The molecule has 0 saturated carbocycles. The number of nitrogens with zero attached hydrogens (tertiary/aromatic N) is 3. The summed E-state index contributed by atoms with van der Waals surface area (Å²) >= 11 is 7.08. The number of thiazole rings is 1. The number of amides is 2. The fourth-order valence-electron chi connectivity index (χ4n) is 2.68. The van der Waals surface area contributed by atoms with E-state index < -0.39 is 17.5 Å². The van der Waals surface area contributed by atoms with Gasteiger partial charge in [0.2, 0.25) is 0 Å². The highest BCUT2D eigenvalue weighted by atomic mass is 35.5. The molecule has 0 bridgehead atoms. The molecule has 3 rings (SSSR count). The predicted octanol–water partition coefficient (Wildman–Crippen LogP) is 3.82. The van der Waals surface area contributed by atoms with Crippen molar-refractivity contribution in [1.29, 1.82) is 0 Å². The van der Waals surface area contributed by atoms with Gasteiger partial charge < -0.3 is 10.0 Å². The van der Waals surface area contributed by atoms with Gasteiger partial charge in [-0.2, -0.15) is 5.06 Å². The maximum atomic E-state index is 11.7. The number of carboxylic acid groups (broad SMARTS) is 1. The van der Waals surface area contributed by atoms with Crippen molar-refractivity contribution in [3.63, 3.8) is 0 Å². The molecule has 0 radical (unpaired) electrons. The molecular formula is C17H16ClN3O4S. The number of hydrogen-bond donors (Lipinski definition) is 1. The summed E-state index contributed by atoms with van der Waals surface area (Å²) in [4.78, 5) is 34.4. The maximum Gasteiger partial charge on any atom is 0.407 e. The van der Waals surface area contributed by atoms with E-state index in [2.05, 4.69) is 11.6 Å². The average molecular weight is 394 g/mol. The molecule has 0 fully saturated rings. The molecule has 1 N–H and O–H groups in total. The van der Waals surface area contributed by atoms with Crippen LogP contribution in [0.1, 0.15) is 5.01 Å². The number of rotatable bonds is 5. The molecule has 1 aromatic heterocycles. The maximum absolute atomic E-state index is 11.7. The van der Waals surface area contributed by atoms with Gasteiger partial charge in [0, 0.05) is 5.57 Å². The molecule has 136 valence electrons.